The Morgan fingerprint density at radius 1 is 1.12 bits per heavy atom. The van der Waals surface area contributed by atoms with E-state index in [1.165, 1.54) is 0 Å². The topological polar surface area (TPSA) is 67.0 Å². The highest BCUT2D eigenvalue weighted by Gasteiger charge is 2.07. The average molecular weight is 321 g/mol. The molecule has 0 unspecified atom stereocenters. The summed E-state index contributed by atoms with van der Waals surface area (Å²) in [5.41, 5.74) is 3.79. The average Bonchev–Trinajstić information content (AvgIpc) is 3.15. The molecule has 3 rings (SSSR count). The summed E-state index contributed by atoms with van der Waals surface area (Å²) in [5, 5.41) is 9.76. The van der Waals surface area contributed by atoms with Crippen LogP contribution in [-0.2, 0) is 11.2 Å². The van der Waals surface area contributed by atoms with Crippen LogP contribution in [0.3, 0.4) is 0 Å². The molecule has 0 fully saturated rings. The third kappa shape index (κ3) is 3.81. The Balaban J connectivity index is 1.57. The van der Waals surface area contributed by atoms with Crippen molar-refractivity contribution >= 4 is 11.6 Å². The number of methoxy groups -OCH3 is 1. The zero-order valence-electron chi connectivity index (χ0n) is 13.5. The lowest BCUT2D eigenvalue weighted by molar-refractivity contribution is -0.116. The molecule has 0 atom stereocenters. The summed E-state index contributed by atoms with van der Waals surface area (Å²) < 4.78 is 5.30. The highest BCUT2D eigenvalue weighted by molar-refractivity contribution is 5.91. The lowest BCUT2D eigenvalue weighted by Gasteiger charge is -2.09. The monoisotopic (exact) mass is 321 g/mol. The second-order valence-electron chi connectivity index (χ2n) is 5.41. The van der Waals surface area contributed by atoms with Gasteiger partial charge in [0.05, 0.1) is 12.8 Å². The van der Waals surface area contributed by atoms with Crippen molar-refractivity contribution in [2.45, 2.75) is 12.8 Å². The summed E-state index contributed by atoms with van der Waals surface area (Å²) in [5.74, 6) is 0.796. The Hall–Kier alpha value is -3.08. The molecule has 0 aliphatic rings. The predicted octanol–water partition coefficient (Wildman–Crippen LogP) is 3.66. The summed E-state index contributed by atoms with van der Waals surface area (Å²) in [6.07, 6.45) is 2.76. The molecule has 3 aromatic rings. The van der Waals surface area contributed by atoms with Gasteiger partial charge in [-0.25, -0.2) is 0 Å². The van der Waals surface area contributed by atoms with Gasteiger partial charge < -0.3 is 10.1 Å². The number of H-pyrrole nitrogens is 1. The maximum absolute atomic E-state index is 12.1. The van der Waals surface area contributed by atoms with E-state index in [4.69, 9.17) is 4.74 Å². The largest absolute Gasteiger partial charge is 0.496 e. The molecule has 1 amide bonds. The van der Waals surface area contributed by atoms with E-state index in [0.717, 1.165) is 28.3 Å². The molecule has 0 aliphatic carbocycles. The van der Waals surface area contributed by atoms with E-state index in [0.29, 0.717) is 12.8 Å². The van der Waals surface area contributed by atoms with Gasteiger partial charge >= 0.3 is 0 Å². The first-order chi connectivity index (χ1) is 11.8. The van der Waals surface area contributed by atoms with Gasteiger partial charge in [-0.15, -0.1) is 0 Å². The second-order valence-corrected chi connectivity index (χ2v) is 5.41. The molecule has 0 bridgehead atoms. The number of ether oxygens (including phenoxy) is 1. The first kappa shape index (κ1) is 15.8. The highest BCUT2D eigenvalue weighted by atomic mass is 16.5. The van der Waals surface area contributed by atoms with Gasteiger partial charge in [-0.2, -0.15) is 5.10 Å². The Morgan fingerprint density at radius 2 is 1.92 bits per heavy atom. The van der Waals surface area contributed by atoms with Crippen molar-refractivity contribution in [3.8, 4) is 17.0 Å². The number of nitrogens with zero attached hydrogens (tertiary/aromatic N) is 1. The number of para-hydroxylation sites is 1. The minimum absolute atomic E-state index is 0.0183. The highest BCUT2D eigenvalue weighted by Crippen LogP contribution is 2.21. The SMILES string of the molecule is COc1ccccc1CCC(=O)Nc1ccc(-c2ccn[nH]2)cc1. The van der Waals surface area contributed by atoms with Crippen molar-refractivity contribution in [2.24, 2.45) is 0 Å². The van der Waals surface area contributed by atoms with E-state index in [1.54, 1.807) is 13.3 Å². The van der Waals surface area contributed by atoms with Gasteiger partial charge in [-0.1, -0.05) is 30.3 Å². The number of nitrogens with one attached hydrogen (secondary N) is 2. The van der Waals surface area contributed by atoms with Gasteiger partial charge in [0, 0.05) is 18.3 Å². The van der Waals surface area contributed by atoms with Crippen LogP contribution >= 0.6 is 0 Å². The molecular weight excluding hydrogens is 302 g/mol. The van der Waals surface area contributed by atoms with Gasteiger partial charge in [0.1, 0.15) is 5.75 Å². The molecule has 5 nitrogen and oxygen atoms in total. The fourth-order valence-electron chi connectivity index (χ4n) is 2.53. The van der Waals surface area contributed by atoms with Crippen LogP contribution in [0.2, 0.25) is 0 Å². The number of aromatic nitrogens is 2. The summed E-state index contributed by atoms with van der Waals surface area (Å²) in [4.78, 5) is 12.1. The fraction of sp³-hybridized carbons (Fsp3) is 0.158. The summed E-state index contributed by atoms with van der Waals surface area (Å²) in [7, 11) is 1.64. The molecule has 0 aliphatic heterocycles. The summed E-state index contributed by atoms with van der Waals surface area (Å²) >= 11 is 0. The zero-order chi connectivity index (χ0) is 16.8. The first-order valence-corrected chi connectivity index (χ1v) is 7.78. The van der Waals surface area contributed by atoms with Crippen LogP contribution in [0.1, 0.15) is 12.0 Å². The number of rotatable bonds is 6. The molecular formula is C19H19N3O2. The van der Waals surface area contributed by atoms with Crippen LogP contribution in [0.25, 0.3) is 11.3 Å². The second kappa shape index (κ2) is 7.46. The minimum Gasteiger partial charge on any atom is -0.496 e. The van der Waals surface area contributed by atoms with E-state index in [-0.39, 0.29) is 5.91 Å². The van der Waals surface area contributed by atoms with Crippen molar-refractivity contribution in [3.63, 3.8) is 0 Å². The van der Waals surface area contributed by atoms with Crippen molar-refractivity contribution in [1.82, 2.24) is 10.2 Å². The number of anilines is 1. The number of hydrogen-bond acceptors (Lipinski definition) is 3. The van der Waals surface area contributed by atoms with Crippen molar-refractivity contribution in [3.05, 3.63) is 66.4 Å². The van der Waals surface area contributed by atoms with Crippen LogP contribution in [0.15, 0.2) is 60.8 Å². The molecule has 1 aromatic heterocycles. The summed E-state index contributed by atoms with van der Waals surface area (Å²) in [6, 6.07) is 17.3. The van der Waals surface area contributed by atoms with E-state index in [9.17, 15) is 4.79 Å². The van der Waals surface area contributed by atoms with Gasteiger partial charge in [0.2, 0.25) is 5.91 Å². The molecule has 2 N–H and O–H groups in total. The molecule has 24 heavy (non-hydrogen) atoms. The smallest absolute Gasteiger partial charge is 0.224 e. The normalized spacial score (nSPS) is 10.4. The van der Waals surface area contributed by atoms with Gasteiger partial charge in [0.25, 0.3) is 0 Å². The Labute approximate surface area is 140 Å². The van der Waals surface area contributed by atoms with Crippen LogP contribution in [0.5, 0.6) is 5.75 Å². The fourth-order valence-corrected chi connectivity index (χ4v) is 2.53. The summed E-state index contributed by atoms with van der Waals surface area (Å²) in [6.45, 7) is 0. The predicted molar refractivity (Wildman–Crippen MR) is 94.0 cm³/mol. The van der Waals surface area contributed by atoms with Crippen LogP contribution in [-0.4, -0.2) is 23.2 Å². The van der Waals surface area contributed by atoms with E-state index in [2.05, 4.69) is 15.5 Å². The molecule has 0 saturated carbocycles. The molecule has 0 saturated heterocycles. The molecule has 0 spiro atoms. The Bertz CT molecular complexity index is 796. The maximum Gasteiger partial charge on any atom is 0.224 e. The van der Waals surface area contributed by atoms with Crippen molar-refractivity contribution in [2.75, 3.05) is 12.4 Å². The number of amides is 1. The minimum atomic E-state index is -0.0183. The molecule has 1 heterocycles. The van der Waals surface area contributed by atoms with Crippen molar-refractivity contribution < 1.29 is 9.53 Å². The van der Waals surface area contributed by atoms with Gasteiger partial charge in [0.15, 0.2) is 0 Å². The van der Waals surface area contributed by atoms with E-state index >= 15 is 0 Å². The van der Waals surface area contributed by atoms with Crippen LogP contribution < -0.4 is 10.1 Å². The lowest BCUT2D eigenvalue weighted by atomic mass is 10.1. The zero-order valence-corrected chi connectivity index (χ0v) is 13.5. The number of aromatic amines is 1. The molecule has 122 valence electrons. The third-order valence-electron chi connectivity index (χ3n) is 3.79. The number of benzene rings is 2. The molecule has 0 radical (unpaired) electrons. The van der Waals surface area contributed by atoms with Crippen LogP contribution in [0.4, 0.5) is 5.69 Å². The lowest BCUT2D eigenvalue weighted by Crippen LogP contribution is -2.12. The van der Waals surface area contributed by atoms with Gasteiger partial charge in [-0.05, 0) is 41.8 Å². The number of aryl methyl sites for hydroxylation is 1. The Kier molecular flexibility index (Phi) is 4.91. The maximum atomic E-state index is 12.1. The number of hydrogen-bond donors (Lipinski definition) is 2. The third-order valence-corrected chi connectivity index (χ3v) is 3.79. The van der Waals surface area contributed by atoms with E-state index < -0.39 is 0 Å². The molecule has 2 aromatic carbocycles. The van der Waals surface area contributed by atoms with E-state index in [1.807, 2.05) is 54.6 Å². The number of carbonyl (C=O) groups excluding carboxylic acids is 1. The first-order valence-electron chi connectivity index (χ1n) is 7.78. The Morgan fingerprint density at radius 3 is 2.62 bits per heavy atom. The van der Waals surface area contributed by atoms with Crippen LogP contribution in [0, 0.1) is 0 Å². The van der Waals surface area contributed by atoms with Gasteiger partial charge in [-0.3, -0.25) is 9.89 Å². The molecule has 5 heteroatoms. The quantitative estimate of drug-likeness (QED) is 0.728. The number of carbonyl (C=O) groups is 1. The van der Waals surface area contributed by atoms with Crippen molar-refractivity contribution in [1.29, 1.82) is 0 Å². The standard InChI is InChI=1S/C19H19N3O2/c1-24-18-5-3-2-4-15(18)8-11-19(23)21-16-9-6-14(7-10-16)17-12-13-20-22-17/h2-7,9-10,12-13H,8,11H2,1H3,(H,20,22)(H,21,23).